The van der Waals surface area contributed by atoms with Crippen LogP contribution in [0.5, 0.6) is 0 Å². The predicted octanol–water partition coefficient (Wildman–Crippen LogP) is 2.02. The monoisotopic (exact) mass is 248 g/mol. The van der Waals surface area contributed by atoms with Crippen molar-refractivity contribution in [2.45, 2.75) is 26.4 Å². The van der Waals surface area contributed by atoms with Gasteiger partial charge in [-0.05, 0) is 31.0 Å². The predicted molar refractivity (Wildman–Crippen MR) is 74.5 cm³/mol. The maximum Gasteiger partial charge on any atom is 0.0477 e. The van der Waals surface area contributed by atoms with Crippen molar-refractivity contribution in [2.75, 3.05) is 32.8 Å². The molecule has 1 aromatic rings. The van der Waals surface area contributed by atoms with Crippen LogP contribution in [0.15, 0.2) is 24.3 Å². The molecule has 18 heavy (non-hydrogen) atoms. The summed E-state index contributed by atoms with van der Waals surface area (Å²) in [5, 5.41) is 3.48. The van der Waals surface area contributed by atoms with Crippen molar-refractivity contribution in [2.24, 2.45) is 0 Å². The Morgan fingerprint density at radius 2 is 1.89 bits per heavy atom. The van der Waals surface area contributed by atoms with Gasteiger partial charge in [-0.3, -0.25) is 4.90 Å². The quantitative estimate of drug-likeness (QED) is 0.712. The third-order valence-electron chi connectivity index (χ3n) is 3.36. The Labute approximate surface area is 110 Å². The van der Waals surface area contributed by atoms with Gasteiger partial charge in [0.05, 0.1) is 0 Å². The van der Waals surface area contributed by atoms with Crippen molar-refractivity contribution in [3.63, 3.8) is 0 Å². The second kappa shape index (κ2) is 7.52. The summed E-state index contributed by atoms with van der Waals surface area (Å²) in [4.78, 5) is 2.50. The third kappa shape index (κ3) is 4.09. The molecule has 1 heterocycles. The number of nitrogens with one attached hydrogen (secondary N) is 1. The molecule has 0 fully saturated rings. The Kier molecular flexibility index (Phi) is 5.65. The fourth-order valence-corrected chi connectivity index (χ4v) is 2.37. The van der Waals surface area contributed by atoms with Crippen molar-refractivity contribution >= 4 is 0 Å². The number of rotatable bonds is 8. The molecule has 3 nitrogen and oxygen atoms in total. The number of hydrogen-bond donors (Lipinski definition) is 1. The zero-order valence-electron chi connectivity index (χ0n) is 11.3. The Morgan fingerprint density at radius 3 is 2.56 bits per heavy atom. The highest BCUT2D eigenvalue weighted by Gasteiger charge is 2.16. The molecule has 3 heteroatoms. The molecule has 1 aliphatic rings. The molecular formula is C15H24N2O. The van der Waals surface area contributed by atoms with Crippen molar-refractivity contribution in [1.82, 2.24) is 10.2 Å². The molecule has 0 saturated heterocycles. The SMILES string of the molecule is CCOCCCNCCN1Cc2ccccc2C1. The Balaban J connectivity index is 1.54. The maximum atomic E-state index is 5.31. The molecule has 2 rings (SSSR count). The minimum atomic E-state index is 0.825. The summed E-state index contributed by atoms with van der Waals surface area (Å²) in [5.41, 5.74) is 2.99. The maximum absolute atomic E-state index is 5.31. The van der Waals surface area contributed by atoms with Crippen LogP contribution in [0.3, 0.4) is 0 Å². The van der Waals surface area contributed by atoms with E-state index in [2.05, 4.69) is 34.5 Å². The number of benzene rings is 1. The van der Waals surface area contributed by atoms with E-state index in [1.807, 2.05) is 6.92 Å². The van der Waals surface area contributed by atoms with Gasteiger partial charge in [-0.25, -0.2) is 0 Å². The van der Waals surface area contributed by atoms with E-state index >= 15 is 0 Å². The zero-order chi connectivity index (χ0) is 12.6. The number of ether oxygens (including phenoxy) is 1. The first-order chi connectivity index (χ1) is 8.90. The van der Waals surface area contributed by atoms with Gasteiger partial charge in [0.1, 0.15) is 0 Å². The topological polar surface area (TPSA) is 24.5 Å². The van der Waals surface area contributed by atoms with Gasteiger partial charge in [-0.15, -0.1) is 0 Å². The van der Waals surface area contributed by atoms with E-state index in [4.69, 9.17) is 4.74 Å². The molecule has 0 bridgehead atoms. The highest BCUT2D eigenvalue weighted by molar-refractivity contribution is 5.30. The molecule has 1 aliphatic heterocycles. The lowest BCUT2D eigenvalue weighted by Gasteiger charge is -2.15. The first-order valence-electron chi connectivity index (χ1n) is 6.97. The van der Waals surface area contributed by atoms with Gasteiger partial charge in [-0.2, -0.15) is 0 Å². The average Bonchev–Trinajstić information content (AvgIpc) is 2.80. The summed E-state index contributed by atoms with van der Waals surface area (Å²) < 4.78 is 5.31. The normalized spacial score (nSPS) is 14.9. The highest BCUT2D eigenvalue weighted by atomic mass is 16.5. The van der Waals surface area contributed by atoms with E-state index < -0.39 is 0 Å². The molecule has 0 aliphatic carbocycles. The van der Waals surface area contributed by atoms with E-state index in [1.165, 1.54) is 11.1 Å². The first-order valence-corrected chi connectivity index (χ1v) is 6.97. The van der Waals surface area contributed by atoms with Gasteiger partial charge >= 0.3 is 0 Å². The molecule has 0 saturated carbocycles. The van der Waals surface area contributed by atoms with Gasteiger partial charge in [-0.1, -0.05) is 24.3 Å². The van der Waals surface area contributed by atoms with Crippen molar-refractivity contribution in [3.05, 3.63) is 35.4 Å². The van der Waals surface area contributed by atoms with Crippen molar-refractivity contribution in [3.8, 4) is 0 Å². The van der Waals surface area contributed by atoms with Crippen LogP contribution in [0.2, 0.25) is 0 Å². The van der Waals surface area contributed by atoms with E-state index in [-0.39, 0.29) is 0 Å². The lowest BCUT2D eigenvalue weighted by molar-refractivity contribution is 0.144. The Bertz CT molecular complexity index is 329. The van der Waals surface area contributed by atoms with Gasteiger partial charge in [0.2, 0.25) is 0 Å². The minimum absolute atomic E-state index is 0.825. The standard InChI is InChI=1S/C15H24N2O/c1-2-18-11-5-8-16-9-10-17-12-14-6-3-4-7-15(14)13-17/h3-4,6-7,16H,2,5,8-13H2,1H3. The van der Waals surface area contributed by atoms with E-state index in [9.17, 15) is 0 Å². The van der Waals surface area contributed by atoms with Crippen LogP contribution in [-0.4, -0.2) is 37.7 Å². The second-order valence-corrected chi connectivity index (χ2v) is 4.78. The van der Waals surface area contributed by atoms with Gasteiger partial charge < -0.3 is 10.1 Å². The molecule has 0 atom stereocenters. The van der Waals surface area contributed by atoms with Crippen LogP contribution in [0.4, 0.5) is 0 Å². The average molecular weight is 248 g/mol. The number of nitrogens with zero attached hydrogens (tertiary/aromatic N) is 1. The van der Waals surface area contributed by atoms with Crippen LogP contribution < -0.4 is 5.32 Å². The van der Waals surface area contributed by atoms with Gasteiger partial charge in [0.25, 0.3) is 0 Å². The van der Waals surface area contributed by atoms with Crippen LogP contribution in [0, 0.1) is 0 Å². The van der Waals surface area contributed by atoms with Crippen LogP contribution in [0.1, 0.15) is 24.5 Å². The summed E-state index contributed by atoms with van der Waals surface area (Å²) >= 11 is 0. The summed E-state index contributed by atoms with van der Waals surface area (Å²) in [7, 11) is 0. The molecule has 0 unspecified atom stereocenters. The smallest absolute Gasteiger partial charge is 0.0477 e. The largest absolute Gasteiger partial charge is 0.382 e. The van der Waals surface area contributed by atoms with Crippen molar-refractivity contribution < 1.29 is 4.74 Å². The fraction of sp³-hybridized carbons (Fsp3) is 0.600. The summed E-state index contributed by atoms with van der Waals surface area (Å²) in [6.45, 7) is 9.21. The van der Waals surface area contributed by atoms with Crippen LogP contribution >= 0.6 is 0 Å². The molecule has 1 N–H and O–H groups in total. The number of fused-ring (bicyclic) bond motifs is 1. The van der Waals surface area contributed by atoms with E-state index in [0.717, 1.165) is 52.4 Å². The summed E-state index contributed by atoms with van der Waals surface area (Å²) in [6.07, 6.45) is 1.11. The molecular weight excluding hydrogens is 224 g/mol. The second-order valence-electron chi connectivity index (χ2n) is 4.78. The summed E-state index contributed by atoms with van der Waals surface area (Å²) in [6, 6.07) is 8.75. The molecule has 0 aromatic heterocycles. The highest BCUT2D eigenvalue weighted by Crippen LogP contribution is 2.21. The van der Waals surface area contributed by atoms with Crippen LogP contribution in [-0.2, 0) is 17.8 Å². The van der Waals surface area contributed by atoms with Gasteiger partial charge in [0.15, 0.2) is 0 Å². The zero-order valence-corrected chi connectivity index (χ0v) is 11.3. The number of hydrogen-bond acceptors (Lipinski definition) is 3. The fourth-order valence-electron chi connectivity index (χ4n) is 2.37. The van der Waals surface area contributed by atoms with E-state index in [0.29, 0.717) is 0 Å². The molecule has 0 amide bonds. The first kappa shape index (κ1) is 13.5. The Hall–Kier alpha value is -0.900. The third-order valence-corrected chi connectivity index (χ3v) is 3.36. The molecule has 0 spiro atoms. The molecule has 0 radical (unpaired) electrons. The Morgan fingerprint density at radius 1 is 1.17 bits per heavy atom. The van der Waals surface area contributed by atoms with Crippen molar-refractivity contribution in [1.29, 1.82) is 0 Å². The lowest BCUT2D eigenvalue weighted by atomic mass is 10.1. The minimum Gasteiger partial charge on any atom is -0.382 e. The van der Waals surface area contributed by atoms with Gasteiger partial charge in [0, 0.05) is 39.4 Å². The summed E-state index contributed by atoms with van der Waals surface area (Å²) in [5.74, 6) is 0. The molecule has 100 valence electrons. The lowest BCUT2D eigenvalue weighted by Crippen LogP contribution is -2.29. The molecule has 1 aromatic carbocycles. The van der Waals surface area contributed by atoms with Crippen LogP contribution in [0.25, 0.3) is 0 Å². The van der Waals surface area contributed by atoms with E-state index in [1.54, 1.807) is 0 Å².